The third-order valence-electron chi connectivity index (χ3n) is 2.99. The lowest BCUT2D eigenvalue weighted by atomic mass is 10.1. The summed E-state index contributed by atoms with van der Waals surface area (Å²) >= 11 is 3.22. The Bertz CT molecular complexity index is 501. The van der Waals surface area contributed by atoms with E-state index >= 15 is 0 Å². The van der Waals surface area contributed by atoms with E-state index in [1.165, 1.54) is 11.0 Å². The molecule has 2 rings (SSSR count). The molecule has 1 heterocycles. The van der Waals surface area contributed by atoms with Crippen LogP contribution in [0.3, 0.4) is 0 Å². The van der Waals surface area contributed by atoms with Gasteiger partial charge in [0, 0.05) is 4.47 Å². The minimum Gasteiger partial charge on any atom is -0.343 e. The van der Waals surface area contributed by atoms with Gasteiger partial charge in [0.15, 0.2) is 0 Å². The minimum atomic E-state index is -0.572. The van der Waals surface area contributed by atoms with Crippen LogP contribution in [-0.2, 0) is 9.59 Å². The lowest BCUT2D eigenvalue weighted by molar-refractivity contribution is -0.131. The smallest absolute Gasteiger partial charge is 0.250 e. The standard InChI is InChI=1S/C13H14BrFN2O2/c1-2-4-10-13(19)17(7-11(18)16-10)12-8(14)5-3-6-9(12)15/h3,5-6,10H,2,4,7H2,1H3,(H,16,18). The average Bonchev–Trinajstić information content (AvgIpc) is 2.34. The maximum absolute atomic E-state index is 13.9. The van der Waals surface area contributed by atoms with Crippen molar-refractivity contribution in [1.29, 1.82) is 0 Å². The number of benzene rings is 1. The number of para-hydroxylation sites is 1. The highest BCUT2D eigenvalue weighted by Gasteiger charge is 2.34. The molecule has 1 saturated heterocycles. The van der Waals surface area contributed by atoms with Crippen molar-refractivity contribution in [3.63, 3.8) is 0 Å². The lowest BCUT2D eigenvalue weighted by Crippen LogP contribution is -2.58. The first-order valence-corrected chi connectivity index (χ1v) is 6.88. The molecule has 4 nitrogen and oxygen atoms in total. The van der Waals surface area contributed by atoms with Gasteiger partial charge in [-0.05, 0) is 34.5 Å². The molecule has 0 aromatic heterocycles. The van der Waals surface area contributed by atoms with Crippen molar-refractivity contribution in [3.05, 3.63) is 28.5 Å². The predicted molar refractivity (Wildman–Crippen MR) is 73.3 cm³/mol. The number of nitrogens with one attached hydrogen (secondary N) is 1. The van der Waals surface area contributed by atoms with E-state index in [1.54, 1.807) is 12.1 Å². The maximum atomic E-state index is 13.9. The van der Waals surface area contributed by atoms with Gasteiger partial charge in [0.25, 0.3) is 0 Å². The molecule has 1 atom stereocenters. The summed E-state index contributed by atoms with van der Waals surface area (Å²) < 4.78 is 14.4. The van der Waals surface area contributed by atoms with Gasteiger partial charge in [0.05, 0.1) is 5.69 Å². The van der Waals surface area contributed by atoms with Gasteiger partial charge in [-0.1, -0.05) is 19.4 Å². The Balaban J connectivity index is 2.37. The number of anilines is 1. The van der Waals surface area contributed by atoms with Gasteiger partial charge < -0.3 is 5.32 Å². The maximum Gasteiger partial charge on any atom is 0.250 e. The molecule has 0 radical (unpaired) electrons. The Morgan fingerprint density at radius 1 is 1.47 bits per heavy atom. The summed E-state index contributed by atoms with van der Waals surface area (Å²) in [6, 6.07) is 3.89. The summed E-state index contributed by atoms with van der Waals surface area (Å²) in [5.41, 5.74) is 0.128. The topological polar surface area (TPSA) is 49.4 Å². The Kier molecular flexibility index (Phi) is 4.19. The summed E-state index contributed by atoms with van der Waals surface area (Å²) in [5, 5.41) is 2.64. The number of rotatable bonds is 3. The van der Waals surface area contributed by atoms with Crippen LogP contribution in [0, 0.1) is 5.82 Å². The average molecular weight is 329 g/mol. The van der Waals surface area contributed by atoms with Crippen LogP contribution in [0.25, 0.3) is 0 Å². The molecule has 102 valence electrons. The molecule has 19 heavy (non-hydrogen) atoms. The molecule has 1 unspecified atom stereocenters. The second-order valence-corrected chi connectivity index (χ2v) is 5.26. The molecular weight excluding hydrogens is 315 g/mol. The molecule has 2 amide bonds. The molecular formula is C13H14BrFN2O2. The molecule has 0 saturated carbocycles. The lowest BCUT2D eigenvalue weighted by Gasteiger charge is -2.33. The summed E-state index contributed by atoms with van der Waals surface area (Å²) in [6.07, 6.45) is 1.32. The number of halogens is 2. The fourth-order valence-corrected chi connectivity index (χ4v) is 2.69. The number of nitrogens with zero attached hydrogens (tertiary/aromatic N) is 1. The van der Waals surface area contributed by atoms with Gasteiger partial charge in [-0.15, -0.1) is 0 Å². The highest BCUT2D eigenvalue weighted by molar-refractivity contribution is 9.10. The van der Waals surface area contributed by atoms with Crippen LogP contribution in [0.2, 0.25) is 0 Å². The van der Waals surface area contributed by atoms with Gasteiger partial charge >= 0.3 is 0 Å². The van der Waals surface area contributed by atoms with Crippen LogP contribution in [0.5, 0.6) is 0 Å². The molecule has 0 spiro atoms. The molecule has 0 bridgehead atoms. The monoisotopic (exact) mass is 328 g/mol. The summed E-state index contributed by atoms with van der Waals surface area (Å²) in [4.78, 5) is 25.2. The molecule has 1 fully saturated rings. The zero-order valence-corrected chi connectivity index (χ0v) is 12.0. The third kappa shape index (κ3) is 2.78. The number of carbonyl (C=O) groups is 2. The van der Waals surface area contributed by atoms with Gasteiger partial charge in [0.1, 0.15) is 18.4 Å². The molecule has 1 aromatic rings. The molecule has 1 N–H and O–H groups in total. The normalized spacial score (nSPS) is 19.5. The Labute approximate surface area is 119 Å². The quantitative estimate of drug-likeness (QED) is 0.924. The second-order valence-electron chi connectivity index (χ2n) is 4.40. The number of hydrogen-bond donors (Lipinski definition) is 1. The van der Waals surface area contributed by atoms with Crippen molar-refractivity contribution in [2.24, 2.45) is 0 Å². The van der Waals surface area contributed by atoms with Gasteiger partial charge in [0.2, 0.25) is 11.8 Å². The first-order chi connectivity index (χ1) is 9.04. The molecule has 0 aliphatic carbocycles. The Morgan fingerprint density at radius 3 is 2.84 bits per heavy atom. The van der Waals surface area contributed by atoms with Gasteiger partial charge in [-0.25, -0.2) is 4.39 Å². The zero-order valence-electron chi connectivity index (χ0n) is 10.5. The fraction of sp³-hybridized carbons (Fsp3) is 0.385. The highest BCUT2D eigenvalue weighted by Crippen LogP contribution is 2.30. The number of carbonyl (C=O) groups excluding carboxylic acids is 2. The van der Waals surface area contributed by atoms with Crippen LogP contribution in [0.15, 0.2) is 22.7 Å². The van der Waals surface area contributed by atoms with Crippen LogP contribution in [-0.4, -0.2) is 24.4 Å². The van der Waals surface area contributed by atoms with E-state index in [-0.39, 0.29) is 24.0 Å². The number of amides is 2. The SMILES string of the molecule is CCCC1NC(=O)CN(c2c(F)cccc2Br)C1=O. The molecule has 1 aliphatic rings. The van der Waals surface area contributed by atoms with Crippen molar-refractivity contribution >= 4 is 33.4 Å². The number of piperazine rings is 1. The highest BCUT2D eigenvalue weighted by atomic mass is 79.9. The van der Waals surface area contributed by atoms with E-state index in [4.69, 9.17) is 0 Å². The summed E-state index contributed by atoms with van der Waals surface area (Å²) in [6.45, 7) is 1.77. The van der Waals surface area contributed by atoms with Gasteiger partial charge in [-0.3, -0.25) is 14.5 Å². The van der Waals surface area contributed by atoms with E-state index in [2.05, 4.69) is 21.2 Å². The third-order valence-corrected chi connectivity index (χ3v) is 3.63. The van der Waals surface area contributed by atoms with Crippen molar-refractivity contribution in [1.82, 2.24) is 5.32 Å². The van der Waals surface area contributed by atoms with Crippen LogP contribution >= 0.6 is 15.9 Å². The fourth-order valence-electron chi connectivity index (χ4n) is 2.13. The second kappa shape index (κ2) is 5.69. The van der Waals surface area contributed by atoms with E-state index in [0.29, 0.717) is 10.9 Å². The predicted octanol–water partition coefficient (Wildman–Crippen LogP) is 2.22. The van der Waals surface area contributed by atoms with Crippen molar-refractivity contribution < 1.29 is 14.0 Å². The first kappa shape index (κ1) is 14.0. The van der Waals surface area contributed by atoms with Crippen LogP contribution in [0.1, 0.15) is 19.8 Å². The van der Waals surface area contributed by atoms with E-state index < -0.39 is 11.9 Å². The Morgan fingerprint density at radius 2 is 2.21 bits per heavy atom. The van der Waals surface area contributed by atoms with Crippen molar-refractivity contribution in [2.75, 3.05) is 11.4 Å². The largest absolute Gasteiger partial charge is 0.343 e. The van der Waals surface area contributed by atoms with E-state index in [0.717, 1.165) is 6.42 Å². The number of hydrogen-bond acceptors (Lipinski definition) is 2. The van der Waals surface area contributed by atoms with Crippen molar-refractivity contribution in [2.45, 2.75) is 25.8 Å². The van der Waals surface area contributed by atoms with Crippen molar-refractivity contribution in [3.8, 4) is 0 Å². The molecule has 1 aromatic carbocycles. The van der Waals surface area contributed by atoms with E-state index in [9.17, 15) is 14.0 Å². The van der Waals surface area contributed by atoms with Gasteiger partial charge in [-0.2, -0.15) is 0 Å². The molecule has 1 aliphatic heterocycles. The minimum absolute atomic E-state index is 0.128. The Hall–Kier alpha value is -1.43. The van der Waals surface area contributed by atoms with E-state index in [1.807, 2.05) is 6.92 Å². The zero-order chi connectivity index (χ0) is 14.0. The van der Waals surface area contributed by atoms with Crippen LogP contribution < -0.4 is 10.2 Å². The molecule has 6 heteroatoms. The van der Waals surface area contributed by atoms with Crippen LogP contribution in [0.4, 0.5) is 10.1 Å². The summed E-state index contributed by atoms with van der Waals surface area (Å²) in [5.74, 6) is -1.06. The first-order valence-electron chi connectivity index (χ1n) is 6.09. The summed E-state index contributed by atoms with van der Waals surface area (Å²) in [7, 11) is 0.